The summed E-state index contributed by atoms with van der Waals surface area (Å²) >= 11 is 4.75. The molecule has 0 aromatic heterocycles. The van der Waals surface area contributed by atoms with E-state index in [1.807, 2.05) is 6.92 Å². The Labute approximate surface area is 237 Å². The van der Waals surface area contributed by atoms with Crippen molar-refractivity contribution >= 4 is 4.40 Å². The summed E-state index contributed by atoms with van der Waals surface area (Å²) in [7, 11) is 0. The van der Waals surface area contributed by atoms with E-state index in [4.69, 9.17) is 0 Å². The van der Waals surface area contributed by atoms with Gasteiger partial charge in [-0.05, 0) is 0 Å². The zero-order valence-corrected chi connectivity index (χ0v) is 38.3. The molecule has 0 spiro atoms. The van der Waals surface area contributed by atoms with Crippen molar-refractivity contribution in [3.8, 4) is 0 Å². The van der Waals surface area contributed by atoms with Crippen LogP contribution in [0.15, 0.2) is 0 Å². The molecule has 0 nitrogen and oxygen atoms in total. The zero-order chi connectivity index (χ0) is 8.24. The fraction of sp³-hybridized carbons (Fsp3) is 0.714. The first kappa shape index (κ1) is 56.5. The molecule has 10 heteroatoms. The number of hydrogen-bond donors (Lipinski definition) is 0. The minimum absolute atomic E-state index is 0. The van der Waals surface area contributed by atoms with Crippen LogP contribution in [0.25, 0.3) is 0 Å². The summed E-state index contributed by atoms with van der Waals surface area (Å²) in [6, 6.07) is 0. The van der Waals surface area contributed by atoms with Gasteiger partial charge in [0.05, 0.1) is 0 Å². The first-order chi connectivity index (χ1) is 4.91. The van der Waals surface area contributed by atoms with Crippen LogP contribution in [-0.4, -0.2) is 4.40 Å². The van der Waals surface area contributed by atoms with Crippen LogP contribution in [0.2, 0.25) is 0 Å². The van der Waals surface area contributed by atoms with Crippen molar-refractivity contribution in [2.24, 2.45) is 0 Å². The fourth-order valence-corrected chi connectivity index (χ4v) is 0.722. The third-order valence-electron chi connectivity index (χ3n) is 1.07. The molecule has 0 amide bonds. The van der Waals surface area contributed by atoms with Crippen molar-refractivity contribution in [1.82, 2.24) is 0 Å². The Morgan fingerprint density at radius 2 is 0.941 bits per heavy atom. The summed E-state index contributed by atoms with van der Waals surface area (Å²) in [5, 5.41) is 0. The first-order valence-electron chi connectivity index (χ1n) is 3.19. The molecule has 17 heavy (non-hydrogen) atoms. The Hall–Kier alpha value is 6.75. The van der Waals surface area contributed by atoms with Crippen molar-refractivity contribution in [2.45, 2.75) is 32.6 Å². The van der Waals surface area contributed by atoms with E-state index in [1.165, 1.54) is 45.0 Å². The molecule has 0 heterocycles. The van der Waals surface area contributed by atoms with Gasteiger partial charge in [-0.3, -0.25) is 0 Å². The summed E-state index contributed by atoms with van der Waals surface area (Å²) in [5.41, 5.74) is 0. The van der Waals surface area contributed by atoms with Gasteiger partial charge in [0, 0.05) is 147 Å². The van der Waals surface area contributed by atoms with Crippen molar-refractivity contribution in [1.29, 1.82) is 0 Å². The quantitative estimate of drug-likeness (QED) is 0.327. The van der Waals surface area contributed by atoms with E-state index in [0.29, 0.717) is 0 Å². The summed E-state index contributed by atoms with van der Waals surface area (Å²) in [6.45, 7) is 1.91. The molecule has 1 saturated carbocycles. The van der Waals surface area contributed by atoms with E-state index in [0.717, 1.165) is 0 Å². The van der Waals surface area contributed by atoms with Gasteiger partial charge in [-0.1, -0.05) is 12.8 Å². The molecule has 0 unspecified atom stereocenters. The SMILES string of the molecule is C[C-]=[W].[CH-]1CCCC1.[W].[W].[W].[W].[W].[W].[W].[W]=[W]. The van der Waals surface area contributed by atoms with E-state index >= 15 is 0 Å². The Balaban J connectivity index is -0.00000000716. The van der Waals surface area contributed by atoms with Crippen molar-refractivity contribution in [3.63, 3.8) is 0 Å². The van der Waals surface area contributed by atoms with Crippen LogP contribution >= 0.6 is 0 Å². The van der Waals surface area contributed by atoms with Crippen LogP contribution in [0.1, 0.15) is 32.6 Å². The molecule has 0 saturated heterocycles. The van der Waals surface area contributed by atoms with Gasteiger partial charge in [0.15, 0.2) is 0 Å². The maximum absolute atomic E-state index is 2.83. The van der Waals surface area contributed by atoms with Crippen LogP contribution in [0.3, 0.4) is 0 Å². The predicted molar refractivity (Wildman–Crippen MR) is 33.4 cm³/mol. The molecule has 1 fully saturated rings. The molecule has 1 aliphatic rings. The first-order valence-corrected chi connectivity index (χ1v) is 15.7. The summed E-state index contributed by atoms with van der Waals surface area (Å²) < 4.78 is 2.83. The van der Waals surface area contributed by atoms with Crippen molar-refractivity contribution < 1.29 is 199 Å². The van der Waals surface area contributed by atoms with Gasteiger partial charge >= 0.3 is 63.1 Å². The third-order valence-corrected chi connectivity index (χ3v) is 1.07. The molecule has 0 bridgehead atoms. The Kier molecular flexibility index (Phi) is 220. The van der Waals surface area contributed by atoms with E-state index in [1.54, 1.807) is 32.4 Å². The van der Waals surface area contributed by atoms with E-state index < -0.39 is 0 Å². The molecule has 0 radical (unpaired) electrons. The molecular formula is C7H12W10-2. The van der Waals surface area contributed by atoms with E-state index in [2.05, 4.69) is 10.8 Å². The second-order valence-electron chi connectivity index (χ2n) is 1.78. The normalized spacial score (nSPS) is 8.06. The maximum atomic E-state index is 2.83. The molecule has 0 aliphatic heterocycles. The molecule has 0 N–H and O–H groups in total. The van der Waals surface area contributed by atoms with Gasteiger partial charge in [-0.15, -0.1) is 0 Å². The Morgan fingerprint density at radius 1 is 0.765 bits per heavy atom. The van der Waals surface area contributed by atoms with Crippen molar-refractivity contribution in [3.05, 3.63) is 6.42 Å². The van der Waals surface area contributed by atoms with Crippen molar-refractivity contribution in [2.75, 3.05) is 0 Å². The summed E-state index contributed by atoms with van der Waals surface area (Å²) in [4.78, 5) is 0. The predicted octanol–water partition coefficient (Wildman–Crippen LogP) is 1.97. The van der Waals surface area contributed by atoms with Gasteiger partial charge in [0.1, 0.15) is 0 Å². The minimum atomic E-state index is 0. The zero-order valence-electron chi connectivity index (χ0n) is 8.99. The Morgan fingerprint density at radius 3 is 1.00 bits per heavy atom. The topological polar surface area (TPSA) is 0 Å². The van der Waals surface area contributed by atoms with E-state index in [-0.39, 0.29) is 147 Å². The van der Waals surface area contributed by atoms with Crippen LogP contribution < -0.4 is 0 Å². The van der Waals surface area contributed by atoms with E-state index in [9.17, 15) is 0 Å². The molecule has 102 valence electrons. The molecule has 1 rings (SSSR count). The standard InChI is InChI=1S/C5H9.C2H3.10W/c1-2-4-5-3-1;1-2;;;;;;;;;;/h1H,2-5H2;1H3;;;;;;;;;;/q2*-1;;;;;;;;;;. The summed E-state index contributed by atoms with van der Waals surface area (Å²) in [6.07, 6.45) is 8.00. The van der Waals surface area contributed by atoms with Crippen LogP contribution in [0.5, 0.6) is 0 Å². The fourth-order valence-electron chi connectivity index (χ4n) is 0.722. The molecule has 0 aromatic carbocycles. The second-order valence-corrected chi connectivity index (χ2v) is 3.24. The third kappa shape index (κ3) is 70.9. The molecule has 0 atom stereocenters. The molecular weight excluding hydrogens is 1920 g/mol. The number of hydrogen-bond acceptors (Lipinski definition) is 0. The second kappa shape index (κ2) is 66.2. The Bertz CT molecular complexity index is 60.1. The van der Waals surface area contributed by atoms with Gasteiger partial charge in [0.2, 0.25) is 0 Å². The summed E-state index contributed by atoms with van der Waals surface area (Å²) in [5.74, 6) is 0. The number of rotatable bonds is 0. The van der Waals surface area contributed by atoms with Crippen LogP contribution in [-0.2, 0) is 199 Å². The van der Waals surface area contributed by atoms with Gasteiger partial charge in [-0.2, -0.15) is 12.8 Å². The molecule has 1 aliphatic carbocycles. The average Bonchev–Trinajstić information content (AvgIpc) is 2.48. The van der Waals surface area contributed by atoms with Gasteiger partial charge in [-0.25, -0.2) is 0 Å². The van der Waals surface area contributed by atoms with Crippen LogP contribution in [0, 0.1) is 6.42 Å². The van der Waals surface area contributed by atoms with Gasteiger partial charge in [0.25, 0.3) is 0 Å². The average molecular weight is 1930 g/mol. The van der Waals surface area contributed by atoms with Crippen LogP contribution in [0.4, 0.5) is 0 Å². The monoisotopic (exact) mass is 1940 g/mol. The van der Waals surface area contributed by atoms with Gasteiger partial charge < -0.3 is 6.42 Å². The molecule has 0 aromatic rings.